The van der Waals surface area contributed by atoms with Gasteiger partial charge in [0.1, 0.15) is 0 Å². The number of rotatable bonds is 6. The van der Waals surface area contributed by atoms with E-state index >= 15 is 0 Å². The van der Waals surface area contributed by atoms with E-state index in [4.69, 9.17) is 0 Å². The fourth-order valence-electron chi connectivity index (χ4n) is 3.11. The number of urea groups is 1. The van der Waals surface area contributed by atoms with Crippen molar-refractivity contribution >= 4 is 11.7 Å². The molecule has 0 saturated heterocycles. The summed E-state index contributed by atoms with van der Waals surface area (Å²) in [4.78, 5) is 14.7. The van der Waals surface area contributed by atoms with E-state index in [0.29, 0.717) is 6.54 Å². The van der Waals surface area contributed by atoms with E-state index in [1.807, 2.05) is 74.2 Å². The number of anilines is 1. The molecule has 0 bridgehead atoms. The van der Waals surface area contributed by atoms with Gasteiger partial charge in [0.15, 0.2) is 0 Å². The van der Waals surface area contributed by atoms with Crippen molar-refractivity contribution in [3.05, 3.63) is 89.7 Å². The van der Waals surface area contributed by atoms with E-state index in [1.165, 1.54) is 5.56 Å². The van der Waals surface area contributed by atoms with Crippen molar-refractivity contribution in [2.75, 3.05) is 5.32 Å². The first-order valence-corrected chi connectivity index (χ1v) is 9.35. The second-order valence-electron chi connectivity index (χ2n) is 7.13. The van der Waals surface area contributed by atoms with Crippen molar-refractivity contribution < 1.29 is 4.79 Å². The molecule has 0 aliphatic carbocycles. The Labute approximate surface area is 161 Å². The van der Waals surface area contributed by atoms with Crippen LogP contribution in [0.25, 0.3) is 0 Å². The third-order valence-corrected chi connectivity index (χ3v) is 4.61. The van der Waals surface area contributed by atoms with E-state index < -0.39 is 0 Å². The summed E-state index contributed by atoms with van der Waals surface area (Å²) in [6.45, 7) is 7.47. The van der Waals surface area contributed by atoms with Crippen molar-refractivity contribution in [1.29, 1.82) is 0 Å². The number of hydrogen-bond acceptors (Lipinski definition) is 1. The van der Waals surface area contributed by atoms with Gasteiger partial charge >= 0.3 is 6.03 Å². The maximum atomic E-state index is 12.9. The number of aromatic nitrogens is 1. The number of aryl methyl sites for hydroxylation is 1. The molecule has 0 unspecified atom stereocenters. The highest BCUT2D eigenvalue weighted by Gasteiger charge is 2.19. The van der Waals surface area contributed by atoms with Gasteiger partial charge in [-0.25, -0.2) is 4.79 Å². The number of carbonyl (C=O) groups is 1. The summed E-state index contributed by atoms with van der Waals surface area (Å²) < 4.78 is 2.20. The first-order chi connectivity index (χ1) is 13.0. The van der Waals surface area contributed by atoms with E-state index in [0.717, 1.165) is 23.5 Å². The Morgan fingerprint density at radius 2 is 1.81 bits per heavy atom. The van der Waals surface area contributed by atoms with E-state index in [2.05, 4.69) is 34.3 Å². The fraction of sp³-hybridized carbons (Fsp3) is 0.261. The van der Waals surface area contributed by atoms with Gasteiger partial charge in [-0.05, 0) is 56.2 Å². The summed E-state index contributed by atoms with van der Waals surface area (Å²) >= 11 is 0. The summed E-state index contributed by atoms with van der Waals surface area (Å²) in [5.74, 6) is 0. The summed E-state index contributed by atoms with van der Waals surface area (Å²) in [6, 6.07) is 22.4. The average Bonchev–Trinajstić information content (AvgIpc) is 3.07. The van der Waals surface area contributed by atoms with E-state index in [9.17, 15) is 4.79 Å². The molecule has 27 heavy (non-hydrogen) atoms. The quantitative estimate of drug-likeness (QED) is 0.636. The second kappa shape index (κ2) is 8.58. The predicted octanol–water partition coefficient (Wildman–Crippen LogP) is 5.29. The second-order valence-corrected chi connectivity index (χ2v) is 7.13. The number of hydrogen-bond donors (Lipinski definition) is 1. The first-order valence-electron chi connectivity index (χ1n) is 9.35. The van der Waals surface area contributed by atoms with Crippen LogP contribution in [0.3, 0.4) is 0 Å². The zero-order valence-electron chi connectivity index (χ0n) is 16.2. The van der Waals surface area contributed by atoms with Gasteiger partial charge in [-0.2, -0.15) is 0 Å². The van der Waals surface area contributed by atoms with Gasteiger partial charge in [0.25, 0.3) is 0 Å². The largest absolute Gasteiger partial charge is 0.345 e. The monoisotopic (exact) mass is 361 g/mol. The molecule has 0 saturated carbocycles. The SMILES string of the molecule is Cc1cccc(NC(=O)N(Cc2cccn2Cc2ccccc2)C(C)C)c1. The Balaban J connectivity index is 1.73. The topological polar surface area (TPSA) is 37.3 Å². The summed E-state index contributed by atoms with van der Waals surface area (Å²) in [5, 5.41) is 3.02. The molecular formula is C23H27N3O. The zero-order chi connectivity index (χ0) is 19.2. The Morgan fingerprint density at radius 3 is 2.52 bits per heavy atom. The Kier molecular flexibility index (Phi) is 5.97. The Morgan fingerprint density at radius 1 is 1.04 bits per heavy atom. The maximum absolute atomic E-state index is 12.9. The smallest absolute Gasteiger partial charge is 0.322 e. The lowest BCUT2D eigenvalue weighted by molar-refractivity contribution is 0.192. The van der Waals surface area contributed by atoms with Crippen LogP contribution in [0.15, 0.2) is 72.9 Å². The molecule has 140 valence electrons. The van der Waals surface area contributed by atoms with Crippen LogP contribution in [0.1, 0.15) is 30.7 Å². The highest BCUT2D eigenvalue weighted by atomic mass is 16.2. The minimum atomic E-state index is -0.0805. The molecule has 2 amide bonds. The number of amides is 2. The van der Waals surface area contributed by atoms with Gasteiger partial charge in [-0.3, -0.25) is 0 Å². The maximum Gasteiger partial charge on any atom is 0.322 e. The van der Waals surface area contributed by atoms with Crippen LogP contribution in [0.5, 0.6) is 0 Å². The molecular weight excluding hydrogens is 334 g/mol. The van der Waals surface area contributed by atoms with Crippen LogP contribution in [-0.4, -0.2) is 21.5 Å². The van der Waals surface area contributed by atoms with Crippen LogP contribution >= 0.6 is 0 Å². The molecule has 3 aromatic rings. The molecule has 0 atom stereocenters. The molecule has 3 rings (SSSR count). The molecule has 4 heteroatoms. The lowest BCUT2D eigenvalue weighted by Gasteiger charge is -2.27. The number of benzene rings is 2. The third-order valence-electron chi connectivity index (χ3n) is 4.61. The minimum Gasteiger partial charge on any atom is -0.345 e. The summed E-state index contributed by atoms with van der Waals surface area (Å²) in [6.07, 6.45) is 2.07. The van der Waals surface area contributed by atoms with Crippen molar-refractivity contribution in [3.63, 3.8) is 0 Å². The normalized spacial score (nSPS) is 10.8. The number of nitrogens with one attached hydrogen (secondary N) is 1. The molecule has 0 fully saturated rings. The van der Waals surface area contributed by atoms with Crippen molar-refractivity contribution in [2.45, 2.75) is 39.9 Å². The lowest BCUT2D eigenvalue weighted by atomic mass is 10.2. The first kappa shape index (κ1) is 18.8. The molecule has 1 aromatic heterocycles. The highest BCUT2D eigenvalue weighted by Crippen LogP contribution is 2.15. The number of carbonyl (C=O) groups excluding carboxylic acids is 1. The Hall–Kier alpha value is -3.01. The van der Waals surface area contributed by atoms with Gasteiger partial charge in [-0.15, -0.1) is 0 Å². The average molecular weight is 361 g/mol. The molecule has 0 radical (unpaired) electrons. The molecule has 2 aromatic carbocycles. The fourth-order valence-corrected chi connectivity index (χ4v) is 3.11. The molecule has 1 heterocycles. The van der Waals surface area contributed by atoms with Crippen LogP contribution < -0.4 is 5.32 Å². The van der Waals surface area contributed by atoms with Crippen LogP contribution in [0, 0.1) is 6.92 Å². The van der Waals surface area contributed by atoms with Crippen LogP contribution in [0.2, 0.25) is 0 Å². The molecule has 0 aliphatic heterocycles. The molecule has 1 N–H and O–H groups in total. The van der Waals surface area contributed by atoms with E-state index in [-0.39, 0.29) is 12.1 Å². The van der Waals surface area contributed by atoms with Crippen molar-refractivity contribution in [1.82, 2.24) is 9.47 Å². The van der Waals surface area contributed by atoms with E-state index in [1.54, 1.807) is 0 Å². The van der Waals surface area contributed by atoms with Crippen molar-refractivity contribution in [3.8, 4) is 0 Å². The van der Waals surface area contributed by atoms with Crippen LogP contribution in [0.4, 0.5) is 10.5 Å². The van der Waals surface area contributed by atoms with Gasteiger partial charge in [-0.1, -0.05) is 42.5 Å². The molecule has 0 aliphatic rings. The summed E-state index contributed by atoms with van der Waals surface area (Å²) in [5.41, 5.74) is 4.31. The minimum absolute atomic E-state index is 0.0805. The molecule has 4 nitrogen and oxygen atoms in total. The van der Waals surface area contributed by atoms with Gasteiger partial charge in [0, 0.05) is 30.2 Å². The van der Waals surface area contributed by atoms with Crippen LogP contribution in [-0.2, 0) is 13.1 Å². The highest BCUT2D eigenvalue weighted by molar-refractivity contribution is 5.89. The predicted molar refractivity (Wildman–Crippen MR) is 111 cm³/mol. The zero-order valence-corrected chi connectivity index (χ0v) is 16.2. The Bertz CT molecular complexity index is 883. The third kappa shape index (κ3) is 5.00. The van der Waals surface area contributed by atoms with Crippen molar-refractivity contribution in [2.24, 2.45) is 0 Å². The van der Waals surface area contributed by atoms with Gasteiger partial charge < -0.3 is 14.8 Å². The summed E-state index contributed by atoms with van der Waals surface area (Å²) in [7, 11) is 0. The number of nitrogens with zero attached hydrogens (tertiary/aromatic N) is 2. The lowest BCUT2D eigenvalue weighted by Crippen LogP contribution is -2.40. The standard InChI is InChI=1S/C23H27N3O/c1-18(2)26(23(27)24-21-12-7-9-19(3)15-21)17-22-13-8-14-25(22)16-20-10-5-4-6-11-20/h4-15,18H,16-17H2,1-3H3,(H,24,27). The van der Waals surface area contributed by atoms with Gasteiger partial charge in [0.2, 0.25) is 0 Å². The molecule has 0 spiro atoms. The van der Waals surface area contributed by atoms with Gasteiger partial charge in [0.05, 0.1) is 6.54 Å².